The second-order valence-electron chi connectivity index (χ2n) is 8.83. The molecule has 0 aliphatic heterocycles. The van der Waals surface area contributed by atoms with Crippen LogP contribution < -0.4 is 4.74 Å². The van der Waals surface area contributed by atoms with E-state index in [0.29, 0.717) is 12.4 Å². The molecule has 0 saturated heterocycles. The maximum atomic E-state index is 12.4. The van der Waals surface area contributed by atoms with Gasteiger partial charge in [0.25, 0.3) is 0 Å². The number of unbranched alkanes of at least 4 members (excludes halogenated alkanes) is 3. The van der Waals surface area contributed by atoms with Gasteiger partial charge in [-0.25, -0.2) is 9.59 Å². The first-order valence-corrected chi connectivity index (χ1v) is 15.6. The second kappa shape index (κ2) is 15.2. The Morgan fingerprint density at radius 3 is 1.85 bits per heavy atom. The monoisotopic (exact) mass is 672 g/mol. The zero-order chi connectivity index (χ0) is 29.4. The molecule has 0 unspecified atom stereocenters. The maximum Gasteiger partial charge on any atom is 0.360 e. The van der Waals surface area contributed by atoms with Crippen molar-refractivity contribution in [3.05, 3.63) is 83.7 Å². The number of halogens is 4. The van der Waals surface area contributed by atoms with Crippen LogP contribution in [-0.4, -0.2) is 27.3 Å². The Morgan fingerprint density at radius 1 is 0.756 bits per heavy atom. The molecule has 0 fully saturated rings. The van der Waals surface area contributed by atoms with Crippen LogP contribution in [0.3, 0.4) is 0 Å². The summed E-state index contributed by atoms with van der Waals surface area (Å²) in [4.78, 5) is 24.7. The average molecular weight is 674 g/mol. The molecule has 0 N–H and O–H groups in total. The molecule has 41 heavy (non-hydrogen) atoms. The molecule has 0 aliphatic rings. The summed E-state index contributed by atoms with van der Waals surface area (Å²) in [6.45, 7) is 2.77. The smallest absolute Gasteiger partial charge is 0.360 e. The molecule has 0 aliphatic carbocycles. The van der Waals surface area contributed by atoms with Gasteiger partial charge in [0.1, 0.15) is 37.7 Å². The summed E-state index contributed by atoms with van der Waals surface area (Å²) >= 11 is 25.7. The first-order valence-electron chi connectivity index (χ1n) is 12.6. The Balaban J connectivity index is 1.45. The van der Waals surface area contributed by atoms with Crippen LogP contribution >= 0.6 is 69.5 Å². The summed E-state index contributed by atoms with van der Waals surface area (Å²) in [6.07, 6.45) is 4.27. The summed E-state index contributed by atoms with van der Waals surface area (Å²) < 4.78 is 25.3. The van der Waals surface area contributed by atoms with Crippen LogP contribution in [0.2, 0.25) is 18.7 Å². The molecule has 0 amide bonds. The van der Waals surface area contributed by atoms with Gasteiger partial charge in [-0.15, -0.1) is 0 Å². The van der Waals surface area contributed by atoms with Crippen molar-refractivity contribution in [2.75, 3.05) is 6.61 Å². The minimum Gasteiger partial charge on any atom is -0.493 e. The molecule has 0 radical (unpaired) electrons. The number of hydrogen-bond acceptors (Lipinski definition) is 9. The first-order chi connectivity index (χ1) is 19.8. The number of esters is 2. The number of ether oxygens (including phenoxy) is 3. The lowest BCUT2D eigenvalue weighted by Gasteiger charge is -2.14. The molecule has 7 nitrogen and oxygen atoms in total. The number of nitrogens with zero attached hydrogens (tertiary/aromatic N) is 2. The van der Waals surface area contributed by atoms with Gasteiger partial charge >= 0.3 is 11.9 Å². The third kappa shape index (κ3) is 8.34. The van der Waals surface area contributed by atoms with Crippen LogP contribution in [0.15, 0.2) is 42.5 Å². The van der Waals surface area contributed by atoms with Crippen molar-refractivity contribution in [2.24, 2.45) is 0 Å². The Kier molecular flexibility index (Phi) is 11.7. The lowest BCUT2D eigenvalue weighted by atomic mass is 10.0. The predicted molar refractivity (Wildman–Crippen MR) is 164 cm³/mol. The van der Waals surface area contributed by atoms with Crippen LogP contribution in [0, 0.1) is 0 Å². The van der Waals surface area contributed by atoms with Gasteiger partial charge < -0.3 is 14.2 Å². The van der Waals surface area contributed by atoms with Crippen LogP contribution in [-0.2, 0) is 22.7 Å². The number of benzene rings is 2. The summed E-state index contributed by atoms with van der Waals surface area (Å²) in [5, 5.41) is 0.177. The molecule has 0 saturated carbocycles. The molecular weight excluding hydrogens is 650 g/mol. The standard InChI is InChI=1S/C28H24Cl4N2O5S2/c1-2-3-4-5-12-37-20-13-17(15-39-28(36)24-22(30)26(32)41-34-24)8-11-19(20)18-9-6-16(7-10-18)14-38-27(35)23-21(29)25(31)40-33-23/h6-11,13H,2-5,12,14-15H2,1H3. The highest BCUT2D eigenvalue weighted by molar-refractivity contribution is 7.12. The summed E-state index contributed by atoms with van der Waals surface area (Å²) in [6, 6.07) is 13.2. The van der Waals surface area contributed by atoms with Crippen molar-refractivity contribution in [1.82, 2.24) is 8.75 Å². The maximum absolute atomic E-state index is 12.4. The van der Waals surface area contributed by atoms with Gasteiger partial charge in [-0.3, -0.25) is 0 Å². The SMILES string of the molecule is CCCCCCOc1cc(COC(=O)c2nsc(Cl)c2Cl)ccc1-c1ccc(COC(=O)c2nsc(Cl)c2Cl)cc1. The third-order valence-electron chi connectivity index (χ3n) is 5.89. The largest absolute Gasteiger partial charge is 0.493 e. The van der Waals surface area contributed by atoms with Gasteiger partial charge in [0.15, 0.2) is 11.4 Å². The zero-order valence-corrected chi connectivity index (χ0v) is 26.4. The molecule has 0 spiro atoms. The lowest BCUT2D eigenvalue weighted by molar-refractivity contribution is 0.0458. The predicted octanol–water partition coefficient (Wildman–Crippen LogP) is 9.55. The van der Waals surface area contributed by atoms with Crippen molar-refractivity contribution in [3.8, 4) is 16.9 Å². The summed E-state index contributed by atoms with van der Waals surface area (Å²) in [7, 11) is 0. The minimum absolute atomic E-state index is 0.00302. The van der Waals surface area contributed by atoms with Gasteiger partial charge in [-0.05, 0) is 52.2 Å². The molecule has 2 heterocycles. The van der Waals surface area contributed by atoms with Crippen LogP contribution in [0.5, 0.6) is 5.75 Å². The highest BCUT2D eigenvalue weighted by Crippen LogP contribution is 2.34. The van der Waals surface area contributed by atoms with Gasteiger partial charge in [-0.2, -0.15) is 8.75 Å². The Bertz CT molecular complexity index is 1510. The normalized spacial score (nSPS) is 11.0. The van der Waals surface area contributed by atoms with Crippen LogP contribution in [0.4, 0.5) is 0 Å². The first kappa shape index (κ1) is 31.5. The van der Waals surface area contributed by atoms with Gasteiger partial charge in [-0.1, -0.05) is 109 Å². The van der Waals surface area contributed by atoms with E-state index in [4.69, 9.17) is 60.6 Å². The fourth-order valence-electron chi connectivity index (χ4n) is 3.71. The molecule has 216 valence electrons. The van der Waals surface area contributed by atoms with Crippen molar-refractivity contribution in [1.29, 1.82) is 0 Å². The zero-order valence-electron chi connectivity index (χ0n) is 21.8. The Labute approximate surface area is 265 Å². The molecule has 0 bridgehead atoms. The Morgan fingerprint density at radius 2 is 1.32 bits per heavy atom. The van der Waals surface area contributed by atoms with E-state index in [1.807, 2.05) is 42.5 Å². The number of aromatic nitrogens is 2. The quantitative estimate of drug-likeness (QED) is 0.103. The van der Waals surface area contributed by atoms with E-state index < -0.39 is 11.9 Å². The van der Waals surface area contributed by atoms with E-state index in [2.05, 4.69) is 15.7 Å². The fraction of sp³-hybridized carbons (Fsp3) is 0.286. The van der Waals surface area contributed by atoms with E-state index >= 15 is 0 Å². The van der Waals surface area contributed by atoms with E-state index in [1.54, 1.807) is 0 Å². The van der Waals surface area contributed by atoms with E-state index in [1.165, 1.54) is 0 Å². The van der Waals surface area contributed by atoms with Crippen LogP contribution in [0.25, 0.3) is 11.1 Å². The second-order valence-corrected chi connectivity index (χ2v) is 12.3. The third-order valence-corrected chi connectivity index (χ3v) is 9.11. The van der Waals surface area contributed by atoms with Crippen molar-refractivity contribution < 1.29 is 23.8 Å². The van der Waals surface area contributed by atoms with E-state index in [-0.39, 0.29) is 43.3 Å². The topological polar surface area (TPSA) is 87.6 Å². The highest BCUT2D eigenvalue weighted by atomic mass is 35.5. The summed E-state index contributed by atoms with van der Waals surface area (Å²) in [5.74, 6) is -0.628. The van der Waals surface area contributed by atoms with Crippen molar-refractivity contribution in [3.63, 3.8) is 0 Å². The molecular formula is C28H24Cl4N2O5S2. The minimum atomic E-state index is -0.652. The van der Waals surface area contributed by atoms with Crippen molar-refractivity contribution >= 4 is 81.4 Å². The van der Waals surface area contributed by atoms with Gasteiger partial charge in [0.05, 0.1) is 6.61 Å². The molecule has 4 aromatic rings. The number of carbonyl (C=O) groups excluding carboxylic acids is 2. The Hall–Kier alpha value is -2.40. The number of carbonyl (C=O) groups is 2. The van der Waals surface area contributed by atoms with Gasteiger partial charge in [0.2, 0.25) is 0 Å². The number of hydrogen-bond donors (Lipinski definition) is 0. The van der Waals surface area contributed by atoms with E-state index in [9.17, 15) is 9.59 Å². The fourth-order valence-corrected chi connectivity index (χ4v) is 5.67. The van der Waals surface area contributed by atoms with E-state index in [0.717, 1.165) is 71.0 Å². The molecule has 13 heteroatoms. The molecule has 4 rings (SSSR count). The van der Waals surface area contributed by atoms with Crippen LogP contribution in [0.1, 0.15) is 64.7 Å². The lowest BCUT2D eigenvalue weighted by Crippen LogP contribution is -2.07. The molecule has 2 aromatic carbocycles. The average Bonchev–Trinajstić information content (AvgIpc) is 3.50. The van der Waals surface area contributed by atoms with Crippen molar-refractivity contribution in [2.45, 2.75) is 45.8 Å². The molecule has 0 atom stereocenters. The number of rotatable bonds is 13. The molecule has 2 aromatic heterocycles. The van der Waals surface area contributed by atoms with Gasteiger partial charge in [0, 0.05) is 5.56 Å². The summed E-state index contributed by atoms with van der Waals surface area (Å²) in [5.41, 5.74) is 3.30. The highest BCUT2D eigenvalue weighted by Gasteiger charge is 2.20.